The largest absolute Gasteiger partial charge is 0.367 e. The van der Waals surface area contributed by atoms with Gasteiger partial charge in [-0.2, -0.15) is 0 Å². The Morgan fingerprint density at radius 2 is 1.81 bits per heavy atom. The standard InChI is InChI=1S/C23H26N4/c1-25-13-11-17-16-7-3-6-10-20(16)27(21(17)15-25)23-12-14-26(2)22(23)24-19-9-5-4-8-18(19)23/h3-10,22,24H,11-15H2,1-2H3/t22-,23-/m0/s1. The smallest absolute Gasteiger partial charge is 0.108 e. The van der Waals surface area contributed by atoms with Crippen molar-refractivity contribution in [1.82, 2.24) is 14.4 Å². The molecule has 27 heavy (non-hydrogen) atoms. The fourth-order valence-electron chi connectivity index (χ4n) is 5.87. The molecule has 4 heteroatoms. The predicted octanol–water partition coefficient (Wildman–Crippen LogP) is 3.46. The summed E-state index contributed by atoms with van der Waals surface area (Å²) in [6.07, 6.45) is 2.60. The highest BCUT2D eigenvalue weighted by molar-refractivity contribution is 5.87. The zero-order valence-electron chi connectivity index (χ0n) is 16.1. The van der Waals surface area contributed by atoms with Crippen molar-refractivity contribution in [2.75, 3.05) is 32.5 Å². The van der Waals surface area contributed by atoms with Crippen LogP contribution in [0.15, 0.2) is 48.5 Å². The van der Waals surface area contributed by atoms with Crippen molar-refractivity contribution < 1.29 is 0 Å². The molecule has 0 aliphatic carbocycles. The van der Waals surface area contributed by atoms with E-state index in [4.69, 9.17) is 0 Å². The van der Waals surface area contributed by atoms with E-state index in [1.807, 2.05) is 0 Å². The average Bonchev–Trinajstić information content (AvgIpc) is 3.29. The van der Waals surface area contributed by atoms with Crippen molar-refractivity contribution in [2.45, 2.75) is 31.1 Å². The summed E-state index contributed by atoms with van der Waals surface area (Å²) in [6, 6.07) is 18.0. The number of para-hydroxylation sites is 2. The van der Waals surface area contributed by atoms with Crippen LogP contribution < -0.4 is 5.32 Å². The van der Waals surface area contributed by atoms with Gasteiger partial charge in [0.05, 0.1) is 0 Å². The zero-order chi connectivity index (χ0) is 18.2. The number of rotatable bonds is 1. The topological polar surface area (TPSA) is 23.4 Å². The highest BCUT2D eigenvalue weighted by atomic mass is 15.4. The van der Waals surface area contributed by atoms with Gasteiger partial charge in [0.1, 0.15) is 11.7 Å². The number of fused-ring (bicyclic) bond motifs is 6. The summed E-state index contributed by atoms with van der Waals surface area (Å²) >= 11 is 0. The lowest BCUT2D eigenvalue weighted by Crippen LogP contribution is -2.47. The maximum Gasteiger partial charge on any atom is 0.108 e. The monoisotopic (exact) mass is 358 g/mol. The SMILES string of the molecule is CN1CCc2c(n([C@]34CCN(C)[C@@H]3Nc3ccccc34)c3ccccc23)C1. The maximum atomic E-state index is 3.85. The molecule has 2 atom stereocenters. The summed E-state index contributed by atoms with van der Waals surface area (Å²) < 4.78 is 2.72. The second-order valence-electron chi connectivity index (χ2n) is 8.51. The van der Waals surface area contributed by atoms with Crippen molar-refractivity contribution in [3.8, 4) is 0 Å². The van der Waals surface area contributed by atoms with Crippen molar-refractivity contribution >= 4 is 16.6 Å². The molecule has 0 spiro atoms. The number of likely N-dealkylation sites (tertiary alicyclic amines) is 1. The summed E-state index contributed by atoms with van der Waals surface area (Å²) in [5.41, 5.74) is 7.20. The number of likely N-dealkylation sites (N-methyl/N-ethyl adjacent to an activating group) is 2. The van der Waals surface area contributed by atoms with Gasteiger partial charge in [-0.05, 0) is 44.6 Å². The number of aromatic nitrogens is 1. The quantitative estimate of drug-likeness (QED) is 0.721. The molecule has 1 fully saturated rings. The summed E-state index contributed by atoms with van der Waals surface area (Å²) in [6.45, 7) is 3.29. The molecule has 4 heterocycles. The fraction of sp³-hybridized carbons (Fsp3) is 0.391. The molecule has 0 unspecified atom stereocenters. The van der Waals surface area contributed by atoms with Crippen LogP contribution in [0.2, 0.25) is 0 Å². The Morgan fingerprint density at radius 3 is 2.74 bits per heavy atom. The molecule has 0 amide bonds. The van der Waals surface area contributed by atoms with E-state index in [0.29, 0.717) is 6.17 Å². The van der Waals surface area contributed by atoms with Gasteiger partial charge in [0.25, 0.3) is 0 Å². The van der Waals surface area contributed by atoms with Crippen molar-refractivity contribution in [3.63, 3.8) is 0 Å². The first-order chi connectivity index (χ1) is 13.2. The van der Waals surface area contributed by atoms with Gasteiger partial charge < -0.3 is 14.8 Å². The molecule has 0 saturated carbocycles. The minimum absolute atomic E-state index is 0.0310. The van der Waals surface area contributed by atoms with E-state index in [1.165, 1.54) is 27.8 Å². The minimum Gasteiger partial charge on any atom is -0.367 e. The maximum absolute atomic E-state index is 3.85. The van der Waals surface area contributed by atoms with Crippen LogP contribution in [0.1, 0.15) is 23.2 Å². The van der Waals surface area contributed by atoms with Crippen LogP contribution in [0.5, 0.6) is 0 Å². The van der Waals surface area contributed by atoms with Crippen LogP contribution in [0.25, 0.3) is 10.9 Å². The Bertz CT molecular complexity index is 1050. The number of benzene rings is 2. The molecule has 138 valence electrons. The lowest BCUT2D eigenvalue weighted by Gasteiger charge is -2.37. The first kappa shape index (κ1) is 15.7. The Hall–Kier alpha value is -2.30. The summed E-state index contributed by atoms with van der Waals surface area (Å²) in [5.74, 6) is 0. The third-order valence-electron chi connectivity index (χ3n) is 7.08. The molecule has 2 aromatic carbocycles. The number of anilines is 1. The second-order valence-corrected chi connectivity index (χ2v) is 8.51. The molecule has 1 saturated heterocycles. The molecule has 4 nitrogen and oxygen atoms in total. The van der Waals surface area contributed by atoms with Crippen molar-refractivity contribution in [2.24, 2.45) is 0 Å². The van der Waals surface area contributed by atoms with Crippen LogP contribution >= 0.6 is 0 Å². The van der Waals surface area contributed by atoms with E-state index in [0.717, 1.165) is 32.5 Å². The number of hydrogen-bond donors (Lipinski definition) is 1. The Balaban J connectivity index is 1.72. The Labute approximate surface area is 160 Å². The van der Waals surface area contributed by atoms with E-state index in [1.54, 1.807) is 5.56 Å². The molecular weight excluding hydrogens is 332 g/mol. The van der Waals surface area contributed by atoms with Gasteiger partial charge in [-0.25, -0.2) is 0 Å². The summed E-state index contributed by atoms with van der Waals surface area (Å²) in [7, 11) is 4.51. The molecule has 0 bridgehead atoms. The molecule has 3 aliphatic heterocycles. The summed E-state index contributed by atoms with van der Waals surface area (Å²) in [4.78, 5) is 4.96. The minimum atomic E-state index is -0.0310. The number of hydrogen-bond acceptors (Lipinski definition) is 3. The molecule has 6 rings (SSSR count). The first-order valence-corrected chi connectivity index (χ1v) is 10.1. The van der Waals surface area contributed by atoms with Gasteiger partial charge in [-0.15, -0.1) is 0 Å². The highest BCUT2D eigenvalue weighted by Gasteiger charge is 2.55. The van der Waals surface area contributed by atoms with Crippen LogP contribution in [0.3, 0.4) is 0 Å². The molecule has 0 radical (unpaired) electrons. The summed E-state index contributed by atoms with van der Waals surface area (Å²) in [5, 5.41) is 5.30. The van der Waals surface area contributed by atoms with Crippen molar-refractivity contribution in [1.29, 1.82) is 0 Å². The van der Waals surface area contributed by atoms with E-state index >= 15 is 0 Å². The van der Waals surface area contributed by atoms with Gasteiger partial charge >= 0.3 is 0 Å². The van der Waals surface area contributed by atoms with E-state index < -0.39 is 0 Å². The van der Waals surface area contributed by atoms with Gasteiger partial charge in [-0.1, -0.05) is 36.4 Å². The number of nitrogens with one attached hydrogen (secondary N) is 1. The Morgan fingerprint density at radius 1 is 1.00 bits per heavy atom. The lowest BCUT2D eigenvalue weighted by atomic mass is 9.87. The van der Waals surface area contributed by atoms with Gasteiger partial charge in [0.15, 0.2) is 0 Å². The van der Waals surface area contributed by atoms with Gasteiger partial charge in [0.2, 0.25) is 0 Å². The molecule has 1 aromatic heterocycles. The molecule has 3 aromatic rings. The molecular formula is C23H26N4. The van der Waals surface area contributed by atoms with E-state index in [2.05, 4.69) is 82.3 Å². The average molecular weight is 358 g/mol. The fourth-order valence-corrected chi connectivity index (χ4v) is 5.87. The van der Waals surface area contributed by atoms with Gasteiger partial charge in [0, 0.05) is 47.5 Å². The lowest BCUT2D eigenvalue weighted by molar-refractivity contribution is 0.241. The number of nitrogens with zero attached hydrogens (tertiary/aromatic N) is 3. The van der Waals surface area contributed by atoms with Crippen LogP contribution in [0.4, 0.5) is 5.69 Å². The van der Waals surface area contributed by atoms with Crippen molar-refractivity contribution in [3.05, 3.63) is 65.4 Å². The third-order valence-corrected chi connectivity index (χ3v) is 7.08. The van der Waals surface area contributed by atoms with Crippen LogP contribution in [-0.4, -0.2) is 47.7 Å². The first-order valence-electron chi connectivity index (χ1n) is 10.1. The van der Waals surface area contributed by atoms with Crippen LogP contribution in [-0.2, 0) is 18.5 Å². The van der Waals surface area contributed by atoms with E-state index in [9.17, 15) is 0 Å². The molecule has 1 N–H and O–H groups in total. The zero-order valence-corrected chi connectivity index (χ0v) is 16.1. The third kappa shape index (κ3) is 1.90. The van der Waals surface area contributed by atoms with E-state index in [-0.39, 0.29) is 5.54 Å². The predicted molar refractivity (Wildman–Crippen MR) is 110 cm³/mol. The molecule has 3 aliphatic rings. The Kier molecular flexibility index (Phi) is 3.13. The van der Waals surface area contributed by atoms with Crippen LogP contribution in [0, 0.1) is 0 Å². The second kappa shape index (κ2) is 5.37. The van der Waals surface area contributed by atoms with Gasteiger partial charge in [-0.3, -0.25) is 4.90 Å². The normalized spacial score (nSPS) is 27.4. The highest BCUT2D eigenvalue weighted by Crippen LogP contribution is 2.52.